The second-order valence-electron chi connectivity index (χ2n) is 2.10. The monoisotopic (exact) mass is 226 g/mol. The van der Waals surface area contributed by atoms with Gasteiger partial charge < -0.3 is 10.3 Å². The molecule has 3 nitrogen and oxygen atoms in total. The first-order chi connectivity index (χ1) is 4.93. The number of hydrogen-bond donors (Lipinski definition) is 1. The van der Waals surface area contributed by atoms with Crippen LogP contribution in [0.25, 0.3) is 0 Å². The van der Waals surface area contributed by atoms with Gasteiger partial charge in [-0.3, -0.25) is 0 Å². The molecule has 0 atom stereocenters. The minimum atomic E-state index is -3.05. The molecule has 0 bridgehead atoms. The van der Waals surface area contributed by atoms with E-state index in [1.165, 1.54) is 0 Å². The Morgan fingerprint density at radius 1 is 1.64 bits per heavy atom. The predicted molar refractivity (Wildman–Crippen MR) is 38.2 cm³/mol. The zero-order valence-electron chi connectivity index (χ0n) is 5.57. The lowest BCUT2D eigenvalue weighted by molar-refractivity contribution is -0.0113. The van der Waals surface area contributed by atoms with Gasteiger partial charge in [-0.15, -0.1) is 0 Å². The molecular formula is C5H5BrF2N2O. The second kappa shape index (κ2) is 2.44. The van der Waals surface area contributed by atoms with Gasteiger partial charge in [0.1, 0.15) is 4.47 Å². The SMILES string of the molecule is CC(F)(F)c1onc(N)c1Br. The quantitative estimate of drug-likeness (QED) is 0.799. The van der Waals surface area contributed by atoms with Gasteiger partial charge in [-0.05, 0) is 15.9 Å². The summed E-state index contributed by atoms with van der Waals surface area (Å²) in [5.41, 5.74) is 5.15. The third kappa shape index (κ3) is 1.50. The molecule has 1 rings (SSSR count). The average Bonchev–Trinajstić information content (AvgIpc) is 2.11. The van der Waals surface area contributed by atoms with Crippen molar-refractivity contribution in [2.24, 2.45) is 0 Å². The number of nitrogen functional groups attached to an aromatic ring is 1. The highest BCUT2D eigenvalue weighted by molar-refractivity contribution is 9.10. The van der Waals surface area contributed by atoms with Crippen molar-refractivity contribution in [2.45, 2.75) is 12.8 Å². The van der Waals surface area contributed by atoms with Crippen LogP contribution in [0.5, 0.6) is 0 Å². The lowest BCUT2D eigenvalue weighted by atomic mass is 10.3. The molecule has 1 heterocycles. The third-order valence-electron chi connectivity index (χ3n) is 1.06. The summed E-state index contributed by atoms with van der Waals surface area (Å²) in [6.45, 7) is 0.706. The highest BCUT2D eigenvalue weighted by Gasteiger charge is 2.33. The second-order valence-corrected chi connectivity index (χ2v) is 2.89. The van der Waals surface area contributed by atoms with E-state index in [4.69, 9.17) is 5.73 Å². The van der Waals surface area contributed by atoms with Gasteiger partial charge in [0.05, 0.1) is 0 Å². The molecule has 0 aromatic carbocycles. The molecule has 0 unspecified atom stereocenters. The average molecular weight is 227 g/mol. The zero-order valence-corrected chi connectivity index (χ0v) is 7.15. The molecule has 2 N–H and O–H groups in total. The third-order valence-corrected chi connectivity index (χ3v) is 1.82. The lowest BCUT2D eigenvalue weighted by Crippen LogP contribution is -2.05. The lowest BCUT2D eigenvalue weighted by Gasteiger charge is -2.04. The van der Waals surface area contributed by atoms with Gasteiger partial charge in [0, 0.05) is 6.92 Å². The van der Waals surface area contributed by atoms with E-state index in [0.717, 1.165) is 0 Å². The summed E-state index contributed by atoms with van der Waals surface area (Å²) in [5, 5.41) is 3.16. The van der Waals surface area contributed by atoms with Gasteiger partial charge in [-0.25, -0.2) is 0 Å². The molecule has 0 amide bonds. The summed E-state index contributed by atoms with van der Waals surface area (Å²) in [6.07, 6.45) is 0. The number of halogens is 3. The largest absolute Gasteiger partial charge is 0.380 e. The van der Waals surface area contributed by atoms with E-state index >= 15 is 0 Å². The van der Waals surface area contributed by atoms with E-state index in [0.29, 0.717) is 6.92 Å². The van der Waals surface area contributed by atoms with Gasteiger partial charge in [0.25, 0.3) is 0 Å². The van der Waals surface area contributed by atoms with E-state index < -0.39 is 11.7 Å². The summed E-state index contributed by atoms with van der Waals surface area (Å²) in [6, 6.07) is 0. The maximum atomic E-state index is 12.5. The van der Waals surface area contributed by atoms with E-state index in [2.05, 4.69) is 25.6 Å². The molecule has 0 radical (unpaired) electrons. The van der Waals surface area contributed by atoms with Crippen LogP contribution in [0.3, 0.4) is 0 Å². The van der Waals surface area contributed by atoms with Crippen molar-refractivity contribution in [1.82, 2.24) is 5.16 Å². The number of anilines is 1. The fourth-order valence-corrected chi connectivity index (χ4v) is 1.06. The Labute approximate surface area is 69.7 Å². The van der Waals surface area contributed by atoms with E-state index in [1.807, 2.05) is 0 Å². The van der Waals surface area contributed by atoms with Gasteiger partial charge in [-0.2, -0.15) is 8.78 Å². The van der Waals surface area contributed by atoms with Crippen LogP contribution in [0.2, 0.25) is 0 Å². The van der Waals surface area contributed by atoms with Crippen LogP contribution in [0.15, 0.2) is 9.00 Å². The maximum Gasteiger partial charge on any atom is 0.305 e. The molecule has 1 aromatic rings. The maximum absolute atomic E-state index is 12.5. The van der Waals surface area contributed by atoms with Gasteiger partial charge in [-0.1, -0.05) is 5.16 Å². The van der Waals surface area contributed by atoms with Crippen molar-refractivity contribution in [3.8, 4) is 0 Å². The Bertz CT molecular complexity index is 268. The van der Waals surface area contributed by atoms with Crippen LogP contribution in [0.1, 0.15) is 12.7 Å². The van der Waals surface area contributed by atoms with E-state index in [9.17, 15) is 8.78 Å². The number of rotatable bonds is 1. The Balaban J connectivity index is 3.15. The minimum absolute atomic E-state index is 0.0185. The van der Waals surface area contributed by atoms with Crippen molar-refractivity contribution >= 4 is 21.7 Å². The highest BCUT2D eigenvalue weighted by Crippen LogP contribution is 2.35. The topological polar surface area (TPSA) is 52.0 Å². The van der Waals surface area contributed by atoms with Crippen LogP contribution >= 0.6 is 15.9 Å². The summed E-state index contributed by atoms with van der Waals surface area (Å²) >= 11 is 2.82. The summed E-state index contributed by atoms with van der Waals surface area (Å²) in [7, 11) is 0. The van der Waals surface area contributed by atoms with Crippen molar-refractivity contribution in [3.05, 3.63) is 10.2 Å². The molecule has 0 saturated heterocycles. The Kier molecular flexibility index (Phi) is 1.87. The van der Waals surface area contributed by atoms with Crippen LogP contribution < -0.4 is 5.73 Å². The molecule has 0 fully saturated rings. The zero-order chi connectivity index (χ0) is 8.65. The van der Waals surface area contributed by atoms with Crippen LogP contribution in [-0.4, -0.2) is 5.16 Å². The van der Waals surface area contributed by atoms with Gasteiger partial charge in [0.15, 0.2) is 5.82 Å². The molecule has 0 aliphatic carbocycles. The fraction of sp³-hybridized carbons (Fsp3) is 0.400. The number of hydrogen-bond acceptors (Lipinski definition) is 3. The van der Waals surface area contributed by atoms with Gasteiger partial charge >= 0.3 is 5.92 Å². The molecular weight excluding hydrogens is 222 g/mol. The molecule has 0 aliphatic heterocycles. The van der Waals surface area contributed by atoms with Crippen molar-refractivity contribution in [1.29, 1.82) is 0 Å². The standard InChI is InChI=1S/C5H5BrF2N2O/c1-5(7,8)3-2(6)4(9)10-11-3/h1H3,(H2,9,10). The van der Waals surface area contributed by atoms with Crippen molar-refractivity contribution < 1.29 is 13.3 Å². The Morgan fingerprint density at radius 2 is 2.18 bits per heavy atom. The Morgan fingerprint density at radius 3 is 2.36 bits per heavy atom. The first-order valence-corrected chi connectivity index (χ1v) is 3.51. The highest BCUT2D eigenvalue weighted by atomic mass is 79.9. The molecule has 1 aromatic heterocycles. The molecule has 0 aliphatic rings. The minimum Gasteiger partial charge on any atom is -0.380 e. The van der Waals surface area contributed by atoms with E-state index in [1.54, 1.807) is 0 Å². The normalized spacial score (nSPS) is 12.0. The summed E-state index contributed by atoms with van der Waals surface area (Å²) in [5.74, 6) is -3.67. The van der Waals surface area contributed by atoms with Crippen molar-refractivity contribution in [2.75, 3.05) is 5.73 Å². The van der Waals surface area contributed by atoms with Crippen molar-refractivity contribution in [3.63, 3.8) is 0 Å². The van der Waals surface area contributed by atoms with Crippen LogP contribution in [0.4, 0.5) is 14.6 Å². The van der Waals surface area contributed by atoms with Crippen LogP contribution in [0, 0.1) is 0 Å². The first-order valence-electron chi connectivity index (χ1n) is 2.72. The molecule has 11 heavy (non-hydrogen) atoms. The smallest absolute Gasteiger partial charge is 0.305 e. The molecule has 0 saturated carbocycles. The van der Waals surface area contributed by atoms with E-state index in [-0.39, 0.29) is 10.3 Å². The number of nitrogens with zero attached hydrogens (tertiary/aromatic N) is 1. The molecule has 0 spiro atoms. The molecule has 6 heteroatoms. The first kappa shape index (κ1) is 8.45. The number of nitrogens with two attached hydrogens (primary N) is 1. The fourth-order valence-electron chi connectivity index (χ4n) is 0.564. The molecule has 62 valence electrons. The number of aromatic nitrogens is 1. The Hall–Kier alpha value is -0.650. The summed E-state index contributed by atoms with van der Waals surface area (Å²) in [4.78, 5) is 0. The predicted octanol–water partition coefficient (Wildman–Crippen LogP) is 2.13. The van der Waals surface area contributed by atoms with Gasteiger partial charge in [0.2, 0.25) is 5.76 Å². The number of alkyl halides is 2. The van der Waals surface area contributed by atoms with Crippen LogP contribution in [-0.2, 0) is 5.92 Å². The summed E-state index contributed by atoms with van der Waals surface area (Å²) < 4.78 is 29.3.